The van der Waals surface area contributed by atoms with Gasteiger partial charge in [0, 0.05) is 16.3 Å². The van der Waals surface area contributed by atoms with E-state index in [2.05, 4.69) is 80.9 Å². The van der Waals surface area contributed by atoms with Gasteiger partial charge in [0.15, 0.2) is 0 Å². The maximum absolute atomic E-state index is 4.71. The monoisotopic (exact) mass is 356 g/mol. The fraction of sp³-hybridized carbons (Fsp3) is 0.217. The lowest BCUT2D eigenvalue weighted by molar-refractivity contribution is 1.23. The molecule has 0 bridgehead atoms. The summed E-state index contributed by atoms with van der Waals surface area (Å²) in [5.74, 6) is 0. The van der Waals surface area contributed by atoms with Gasteiger partial charge in [-0.25, -0.2) is 9.97 Å². The number of hydrogen-bond acceptors (Lipinski definition) is 2. The van der Waals surface area contributed by atoms with Crippen LogP contribution in [0.5, 0.6) is 0 Å². The highest BCUT2D eigenvalue weighted by atomic mass is 28.3. The summed E-state index contributed by atoms with van der Waals surface area (Å²) in [6, 6.07) is 17.1. The molecule has 4 aromatic rings. The van der Waals surface area contributed by atoms with E-state index >= 15 is 0 Å². The van der Waals surface area contributed by atoms with Crippen LogP contribution in [0.25, 0.3) is 32.9 Å². The zero-order valence-corrected chi connectivity index (χ0v) is 17.1. The van der Waals surface area contributed by atoms with Gasteiger partial charge in [-0.3, -0.25) is 0 Å². The Morgan fingerprint density at radius 1 is 0.846 bits per heavy atom. The first kappa shape index (κ1) is 16.9. The summed E-state index contributed by atoms with van der Waals surface area (Å²) >= 11 is 0. The molecule has 0 saturated heterocycles. The third-order valence-electron chi connectivity index (χ3n) is 5.15. The molecule has 2 nitrogen and oxygen atoms in total. The van der Waals surface area contributed by atoms with Crippen molar-refractivity contribution in [2.45, 2.75) is 33.5 Å². The van der Waals surface area contributed by atoms with Crippen molar-refractivity contribution in [2.24, 2.45) is 0 Å². The Balaban J connectivity index is 2.14. The van der Waals surface area contributed by atoms with Crippen LogP contribution in [-0.2, 0) is 0 Å². The van der Waals surface area contributed by atoms with Gasteiger partial charge >= 0.3 is 0 Å². The SMILES string of the molecule is Cc1cc2ccc3c(-c4ccccc4)ncnc3c2c(C)c1[Si](C)(C)C. The second-order valence-corrected chi connectivity index (χ2v) is 13.1. The first-order valence-electron chi connectivity index (χ1n) is 9.11. The number of benzene rings is 3. The Morgan fingerprint density at radius 3 is 2.27 bits per heavy atom. The van der Waals surface area contributed by atoms with Gasteiger partial charge in [0.2, 0.25) is 0 Å². The molecule has 4 rings (SSSR count). The molecule has 0 atom stereocenters. The van der Waals surface area contributed by atoms with E-state index in [4.69, 9.17) is 4.98 Å². The topological polar surface area (TPSA) is 25.8 Å². The summed E-state index contributed by atoms with van der Waals surface area (Å²) in [5, 5.41) is 5.23. The smallest absolute Gasteiger partial charge is 0.116 e. The van der Waals surface area contributed by atoms with E-state index in [9.17, 15) is 0 Å². The van der Waals surface area contributed by atoms with Crippen molar-refractivity contribution < 1.29 is 0 Å². The third kappa shape index (κ3) is 2.63. The van der Waals surface area contributed by atoms with Crippen LogP contribution in [-0.4, -0.2) is 18.0 Å². The Hall–Kier alpha value is -2.52. The first-order chi connectivity index (χ1) is 12.4. The van der Waals surface area contributed by atoms with Gasteiger partial charge in [-0.2, -0.15) is 0 Å². The number of fused-ring (bicyclic) bond motifs is 3. The fourth-order valence-electron chi connectivity index (χ4n) is 4.37. The average Bonchev–Trinajstić information content (AvgIpc) is 2.60. The van der Waals surface area contributed by atoms with Gasteiger partial charge in [0.05, 0.1) is 19.3 Å². The lowest BCUT2D eigenvalue weighted by Gasteiger charge is -2.24. The zero-order chi connectivity index (χ0) is 18.5. The summed E-state index contributed by atoms with van der Waals surface area (Å²) < 4.78 is 0. The maximum atomic E-state index is 4.71. The van der Waals surface area contributed by atoms with Crippen molar-refractivity contribution in [1.82, 2.24) is 9.97 Å². The van der Waals surface area contributed by atoms with E-state index in [1.165, 1.54) is 21.9 Å². The van der Waals surface area contributed by atoms with Crippen molar-refractivity contribution in [1.29, 1.82) is 0 Å². The first-order valence-corrected chi connectivity index (χ1v) is 12.6. The molecule has 0 radical (unpaired) electrons. The minimum absolute atomic E-state index is 1.01. The highest BCUT2D eigenvalue weighted by Crippen LogP contribution is 2.32. The summed E-state index contributed by atoms with van der Waals surface area (Å²) in [7, 11) is -1.45. The molecular formula is C23H24N2Si. The Bertz CT molecular complexity index is 1130. The Labute approximate surface area is 155 Å². The predicted molar refractivity (Wildman–Crippen MR) is 115 cm³/mol. The van der Waals surface area contributed by atoms with Crippen LogP contribution >= 0.6 is 0 Å². The molecule has 1 heterocycles. The minimum Gasteiger partial charge on any atom is -0.236 e. The van der Waals surface area contributed by atoms with Crippen molar-refractivity contribution in [3.8, 4) is 11.3 Å². The van der Waals surface area contributed by atoms with E-state index in [1.807, 2.05) is 6.07 Å². The van der Waals surface area contributed by atoms with Gasteiger partial charge in [-0.1, -0.05) is 72.9 Å². The lowest BCUT2D eigenvalue weighted by Crippen LogP contribution is -2.41. The molecule has 0 fully saturated rings. The largest absolute Gasteiger partial charge is 0.236 e. The van der Waals surface area contributed by atoms with Crippen LogP contribution in [0.4, 0.5) is 0 Å². The van der Waals surface area contributed by atoms with Crippen molar-refractivity contribution >= 4 is 34.9 Å². The Kier molecular flexibility index (Phi) is 3.92. The molecule has 0 aliphatic heterocycles. The summed E-state index contributed by atoms with van der Waals surface area (Å²) in [5.41, 5.74) is 6.00. The van der Waals surface area contributed by atoms with Crippen LogP contribution in [0.3, 0.4) is 0 Å². The molecule has 3 heteroatoms. The molecule has 0 amide bonds. The summed E-state index contributed by atoms with van der Waals surface area (Å²) in [4.78, 5) is 9.31. The van der Waals surface area contributed by atoms with E-state index < -0.39 is 8.07 Å². The molecule has 3 aromatic carbocycles. The number of aryl methyl sites for hydroxylation is 2. The van der Waals surface area contributed by atoms with Gasteiger partial charge in [0.1, 0.15) is 6.33 Å². The second kappa shape index (κ2) is 6.03. The molecule has 0 saturated carbocycles. The summed E-state index contributed by atoms with van der Waals surface area (Å²) in [6.45, 7) is 11.8. The number of nitrogens with zero attached hydrogens (tertiary/aromatic N) is 2. The zero-order valence-electron chi connectivity index (χ0n) is 16.1. The molecule has 0 N–H and O–H groups in total. The normalized spacial score (nSPS) is 12.0. The number of aromatic nitrogens is 2. The highest BCUT2D eigenvalue weighted by molar-refractivity contribution is 6.89. The molecule has 0 aliphatic rings. The van der Waals surface area contributed by atoms with Crippen molar-refractivity contribution in [2.75, 3.05) is 0 Å². The molecule has 0 unspecified atom stereocenters. The molecule has 26 heavy (non-hydrogen) atoms. The maximum Gasteiger partial charge on any atom is 0.116 e. The Morgan fingerprint density at radius 2 is 1.58 bits per heavy atom. The van der Waals surface area contributed by atoms with Crippen LogP contribution in [0.15, 0.2) is 54.9 Å². The number of rotatable bonds is 2. The molecular weight excluding hydrogens is 332 g/mol. The third-order valence-corrected chi connectivity index (χ3v) is 7.42. The quantitative estimate of drug-likeness (QED) is 0.344. The lowest BCUT2D eigenvalue weighted by atomic mass is 9.97. The fourth-order valence-corrected chi connectivity index (χ4v) is 6.87. The molecule has 0 spiro atoms. The van der Waals surface area contributed by atoms with E-state index in [0.717, 1.165) is 22.2 Å². The summed E-state index contributed by atoms with van der Waals surface area (Å²) in [6.07, 6.45) is 1.71. The van der Waals surface area contributed by atoms with Gasteiger partial charge in [0.25, 0.3) is 0 Å². The van der Waals surface area contributed by atoms with E-state index in [-0.39, 0.29) is 0 Å². The predicted octanol–water partition coefficient (Wildman–Crippen LogP) is 5.61. The molecule has 1 aromatic heterocycles. The van der Waals surface area contributed by atoms with Gasteiger partial charge in [-0.15, -0.1) is 0 Å². The van der Waals surface area contributed by atoms with Crippen molar-refractivity contribution in [3.05, 3.63) is 66.0 Å². The standard InChI is InChI=1S/C23H24N2Si/c1-15-13-18-11-12-19-21(17-9-7-6-8-10-17)24-14-25-22(19)20(18)16(2)23(15)26(3,4)5/h6-14H,1-5H3. The number of hydrogen-bond donors (Lipinski definition) is 0. The van der Waals surface area contributed by atoms with Crippen LogP contribution in [0, 0.1) is 13.8 Å². The molecule has 130 valence electrons. The minimum atomic E-state index is -1.45. The van der Waals surface area contributed by atoms with Crippen LogP contribution in [0.2, 0.25) is 19.6 Å². The van der Waals surface area contributed by atoms with Gasteiger partial charge in [-0.05, 0) is 30.9 Å². The average molecular weight is 357 g/mol. The van der Waals surface area contributed by atoms with Crippen LogP contribution in [0.1, 0.15) is 11.1 Å². The van der Waals surface area contributed by atoms with Crippen LogP contribution < -0.4 is 5.19 Å². The van der Waals surface area contributed by atoms with Crippen molar-refractivity contribution in [3.63, 3.8) is 0 Å². The molecule has 0 aliphatic carbocycles. The van der Waals surface area contributed by atoms with Gasteiger partial charge < -0.3 is 0 Å². The van der Waals surface area contributed by atoms with E-state index in [1.54, 1.807) is 11.5 Å². The highest BCUT2D eigenvalue weighted by Gasteiger charge is 2.23. The van der Waals surface area contributed by atoms with E-state index in [0.29, 0.717) is 0 Å². The second-order valence-electron chi connectivity index (χ2n) is 8.09.